The number of aryl methyl sites for hydroxylation is 2. The van der Waals surface area contributed by atoms with Crippen LogP contribution in [0, 0.1) is 13.8 Å². The molecule has 26 heavy (non-hydrogen) atoms. The maximum absolute atomic E-state index is 12.5. The van der Waals surface area contributed by atoms with Gasteiger partial charge in [0.15, 0.2) is 6.10 Å². The van der Waals surface area contributed by atoms with E-state index in [1.54, 1.807) is 19.1 Å². The summed E-state index contributed by atoms with van der Waals surface area (Å²) in [7, 11) is 1.51. The number of nitrogens with zero attached hydrogens (tertiary/aromatic N) is 2. The highest BCUT2D eigenvalue weighted by Gasteiger charge is 2.22. The molecule has 0 radical (unpaired) electrons. The summed E-state index contributed by atoms with van der Waals surface area (Å²) < 4.78 is 16.4. The fourth-order valence-electron chi connectivity index (χ4n) is 2.47. The van der Waals surface area contributed by atoms with Crippen molar-refractivity contribution in [2.75, 3.05) is 7.11 Å². The van der Waals surface area contributed by atoms with E-state index in [0.717, 1.165) is 16.7 Å². The van der Waals surface area contributed by atoms with E-state index in [1.807, 2.05) is 44.2 Å². The predicted molar refractivity (Wildman–Crippen MR) is 96.0 cm³/mol. The van der Waals surface area contributed by atoms with Gasteiger partial charge in [0.1, 0.15) is 11.3 Å². The minimum absolute atomic E-state index is 0.237. The van der Waals surface area contributed by atoms with E-state index in [1.165, 1.54) is 7.11 Å². The summed E-state index contributed by atoms with van der Waals surface area (Å²) in [6.07, 6.45) is -0.681. The third kappa shape index (κ3) is 3.74. The van der Waals surface area contributed by atoms with Gasteiger partial charge in [0.2, 0.25) is 5.89 Å². The van der Waals surface area contributed by atoms with Crippen molar-refractivity contribution in [2.24, 2.45) is 0 Å². The number of rotatable bonds is 5. The monoisotopic (exact) mass is 352 g/mol. The van der Waals surface area contributed by atoms with Gasteiger partial charge >= 0.3 is 5.97 Å². The van der Waals surface area contributed by atoms with Crippen LogP contribution in [0.3, 0.4) is 0 Å². The number of hydrogen-bond donors (Lipinski definition) is 0. The van der Waals surface area contributed by atoms with E-state index in [4.69, 9.17) is 13.9 Å². The van der Waals surface area contributed by atoms with Gasteiger partial charge in [-0.2, -0.15) is 0 Å². The summed E-state index contributed by atoms with van der Waals surface area (Å²) in [6, 6.07) is 13.1. The van der Waals surface area contributed by atoms with Crippen molar-refractivity contribution in [1.29, 1.82) is 0 Å². The van der Waals surface area contributed by atoms with Crippen LogP contribution in [0.25, 0.3) is 11.5 Å². The van der Waals surface area contributed by atoms with E-state index in [-0.39, 0.29) is 5.89 Å². The number of carbonyl (C=O) groups excluding carboxylic acids is 1. The van der Waals surface area contributed by atoms with E-state index < -0.39 is 12.1 Å². The first kappa shape index (κ1) is 17.7. The second kappa shape index (κ2) is 7.39. The minimum Gasteiger partial charge on any atom is -0.496 e. The molecule has 6 nitrogen and oxygen atoms in total. The van der Waals surface area contributed by atoms with Gasteiger partial charge in [0.05, 0.1) is 7.11 Å². The van der Waals surface area contributed by atoms with Gasteiger partial charge in [0, 0.05) is 5.56 Å². The largest absolute Gasteiger partial charge is 0.496 e. The van der Waals surface area contributed by atoms with Crippen LogP contribution in [-0.4, -0.2) is 23.3 Å². The Morgan fingerprint density at radius 2 is 1.73 bits per heavy atom. The maximum Gasteiger partial charge on any atom is 0.342 e. The van der Waals surface area contributed by atoms with Crippen LogP contribution in [0.15, 0.2) is 46.9 Å². The molecule has 0 N–H and O–H groups in total. The number of methoxy groups -OCH3 is 1. The highest BCUT2D eigenvalue weighted by atomic mass is 16.6. The highest BCUT2D eigenvalue weighted by molar-refractivity contribution is 5.92. The van der Waals surface area contributed by atoms with Gasteiger partial charge < -0.3 is 13.9 Å². The molecule has 3 rings (SSSR count). The maximum atomic E-state index is 12.5. The second-order valence-electron chi connectivity index (χ2n) is 6.06. The van der Waals surface area contributed by atoms with E-state index in [0.29, 0.717) is 17.2 Å². The summed E-state index contributed by atoms with van der Waals surface area (Å²) in [5.41, 5.74) is 3.25. The molecule has 1 aromatic heterocycles. The first-order valence-corrected chi connectivity index (χ1v) is 8.24. The van der Waals surface area contributed by atoms with Crippen molar-refractivity contribution < 1.29 is 18.7 Å². The van der Waals surface area contributed by atoms with Crippen LogP contribution in [0.2, 0.25) is 0 Å². The predicted octanol–water partition coefficient (Wildman–Crippen LogP) is 4.28. The normalized spacial score (nSPS) is 11.8. The van der Waals surface area contributed by atoms with Crippen LogP contribution in [0.1, 0.15) is 40.4 Å². The lowest BCUT2D eigenvalue weighted by Gasteiger charge is -2.12. The molecule has 134 valence electrons. The summed E-state index contributed by atoms with van der Waals surface area (Å²) in [6.45, 7) is 5.59. The smallest absolute Gasteiger partial charge is 0.342 e. The van der Waals surface area contributed by atoms with Crippen LogP contribution in [0.4, 0.5) is 0 Å². The van der Waals surface area contributed by atoms with Crippen LogP contribution >= 0.6 is 0 Å². The lowest BCUT2D eigenvalue weighted by atomic mass is 10.1. The number of hydrogen-bond acceptors (Lipinski definition) is 6. The Bertz CT molecular complexity index is 916. The van der Waals surface area contributed by atoms with Crippen LogP contribution < -0.4 is 4.74 Å². The van der Waals surface area contributed by atoms with Crippen LogP contribution in [-0.2, 0) is 4.74 Å². The summed E-state index contributed by atoms with van der Waals surface area (Å²) in [5, 5.41) is 8.03. The SMILES string of the molecule is COc1ccc(C)cc1C(=O)O[C@@H](C)c1nnc(-c2ccc(C)cc2)o1. The molecular formula is C20H20N2O4. The Labute approximate surface area is 151 Å². The molecule has 3 aromatic rings. The molecule has 0 aliphatic heterocycles. The summed E-state index contributed by atoms with van der Waals surface area (Å²) in [4.78, 5) is 12.5. The van der Waals surface area contributed by atoms with Gasteiger partial charge in [-0.15, -0.1) is 10.2 Å². The lowest BCUT2D eigenvalue weighted by Crippen LogP contribution is -2.11. The fourth-order valence-corrected chi connectivity index (χ4v) is 2.47. The van der Waals surface area contributed by atoms with Crippen molar-refractivity contribution in [3.8, 4) is 17.2 Å². The standard InChI is InChI=1S/C20H20N2O4/c1-12-5-8-15(9-6-12)19-22-21-18(26-19)14(3)25-20(23)16-11-13(2)7-10-17(16)24-4/h5-11,14H,1-4H3/t14-/m0/s1. The minimum atomic E-state index is -0.681. The average Bonchev–Trinajstić information content (AvgIpc) is 3.12. The zero-order valence-electron chi connectivity index (χ0n) is 15.1. The average molecular weight is 352 g/mol. The van der Waals surface area contributed by atoms with Crippen molar-refractivity contribution in [2.45, 2.75) is 26.9 Å². The van der Waals surface area contributed by atoms with E-state index in [2.05, 4.69) is 10.2 Å². The van der Waals surface area contributed by atoms with E-state index >= 15 is 0 Å². The van der Waals surface area contributed by atoms with Crippen molar-refractivity contribution >= 4 is 5.97 Å². The molecular weight excluding hydrogens is 332 g/mol. The zero-order chi connectivity index (χ0) is 18.7. The zero-order valence-corrected chi connectivity index (χ0v) is 15.1. The Balaban J connectivity index is 1.76. The Morgan fingerprint density at radius 1 is 1.04 bits per heavy atom. The van der Waals surface area contributed by atoms with Gasteiger partial charge in [-0.3, -0.25) is 0 Å². The first-order valence-electron chi connectivity index (χ1n) is 8.24. The van der Waals surface area contributed by atoms with Crippen LogP contribution in [0.5, 0.6) is 5.75 Å². The fraction of sp³-hybridized carbons (Fsp3) is 0.250. The van der Waals surface area contributed by atoms with E-state index in [9.17, 15) is 4.79 Å². The third-order valence-corrected chi connectivity index (χ3v) is 3.95. The van der Waals surface area contributed by atoms with Crippen molar-refractivity contribution in [1.82, 2.24) is 10.2 Å². The molecule has 0 spiro atoms. The Kier molecular flexibility index (Phi) is 5.02. The Hall–Kier alpha value is -3.15. The topological polar surface area (TPSA) is 74.5 Å². The second-order valence-corrected chi connectivity index (χ2v) is 6.06. The summed E-state index contributed by atoms with van der Waals surface area (Å²) >= 11 is 0. The molecule has 0 aliphatic rings. The molecule has 0 bridgehead atoms. The van der Waals surface area contributed by atoms with Gasteiger partial charge in [-0.05, 0) is 45.0 Å². The van der Waals surface area contributed by atoms with Gasteiger partial charge in [-0.25, -0.2) is 4.79 Å². The third-order valence-electron chi connectivity index (χ3n) is 3.95. The number of ether oxygens (including phenoxy) is 2. The number of esters is 1. The highest BCUT2D eigenvalue weighted by Crippen LogP contribution is 2.26. The number of carbonyl (C=O) groups is 1. The lowest BCUT2D eigenvalue weighted by molar-refractivity contribution is 0.0276. The van der Waals surface area contributed by atoms with Gasteiger partial charge in [-0.1, -0.05) is 29.3 Å². The molecule has 0 unspecified atom stereocenters. The molecule has 0 fully saturated rings. The quantitative estimate of drug-likeness (QED) is 0.638. The number of aromatic nitrogens is 2. The Morgan fingerprint density at radius 3 is 2.42 bits per heavy atom. The molecule has 1 atom stereocenters. The molecule has 1 heterocycles. The van der Waals surface area contributed by atoms with Crippen molar-refractivity contribution in [3.63, 3.8) is 0 Å². The molecule has 0 aliphatic carbocycles. The number of benzene rings is 2. The molecule has 0 saturated carbocycles. The van der Waals surface area contributed by atoms with Gasteiger partial charge in [0.25, 0.3) is 5.89 Å². The molecule has 0 saturated heterocycles. The first-order chi connectivity index (χ1) is 12.5. The molecule has 0 amide bonds. The summed E-state index contributed by atoms with van der Waals surface area (Å²) in [5.74, 6) is 0.573. The molecule has 6 heteroatoms. The van der Waals surface area contributed by atoms with Crippen molar-refractivity contribution in [3.05, 3.63) is 65.0 Å². The molecule has 2 aromatic carbocycles.